The Morgan fingerprint density at radius 3 is 2.42 bits per heavy atom. The molecule has 1 saturated carbocycles. The maximum atomic E-state index is 11.9. The minimum Gasteiger partial charge on any atom is -0.489 e. The quantitative estimate of drug-likeness (QED) is 0.816. The molecule has 1 amide bonds. The molecule has 3 rings (SSSR count). The van der Waals surface area contributed by atoms with Gasteiger partial charge in [-0.05, 0) is 42.7 Å². The van der Waals surface area contributed by atoms with Crippen molar-refractivity contribution < 1.29 is 9.53 Å². The van der Waals surface area contributed by atoms with Gasteiger partial charge in [-0.1, -0.05) is 43.2 Å². The Bertz CT molecular complexity index is 634. The third-order valence-electron chi connectivity index (χ3n) is 4.28. The molecule has 24 heavy (non-hydrogen) atoms. The highest BCUT2D eigenvalue weighted by atomic mass is 16.5. The maximum absolute atomic E-state index is 11.9. The number of nitrogens with one attached hydrogen (secondary N) is 2. The van der Waals surface area contributed by atoms with Gasteiger partial charge < -0.3 is 15.4 Å². The van der Waals surface area contributed by atoms with Crippen LogP contribution >= 0.6 is 0 Å². The van der Waals surface area contributed by atoms with E-state index in [-0.39, 0.29) is 5.91 Å². The van der Waals surface area contributed by atoms with E-state index in [0.29, 0.717) is 19.2 Å². The fraction of sp³-hybridized carbons (Fsp3) is 0.350. The Kier molecular flexibility index (Phi) is 5.72. The summed E-state index contributed by atoms with van der Waals surface area (Å²) in [5.41, 5.74) is 2.06. The van der Waals surface area contributed by atoms with Gasteiger partial charge in [0.25, 0.3) is 0 Å². The predicted octanol–water partition coefficient (Wildman–Crippen LogP) is 3.74. The molecule has 4 heteroatoms. The zero-order valence-electron chi connectivity index (χ0n) is 13.8. The van der Waals surface area contributed by atoms with E-state index in [2.05, 4.69) is 10.6 Å². The molecule has 2 aromatic carbocycles. The Morgan fingerprint density at radius 1 is 1.00 bits per heavy atom. The average Bonchev–Trinajstić information content (AvgIpc) is 3.13. The van der Waals surface area contributed by atoms with Gasteiger partial charge in [0.1, 0.15) is 12.4 Å². The maximum Gasteiger partial charge on any atom is 0.239 e. The van der Waals surface area contributed by atoms with Crippen LogP contribution in [0, 0.1) is 0 Å². The molecule has 126 valence electrons. The van der Waals surface area contributed by atoms with Crippen molar-refractivity contribution in [1.29, 1.82) is 0 Å². The number of benzene rings is 2. The third-order valence-corrected chi connectivity index (χ3v) is 4.28. The number of hydrogen-bond acceptors (Lipinski definition) is 3. The zero-order valence-corrected chi connectivity index (χ0v) is 13.8. The molecule has 0 atom stereocenters. The van der Waals surface area contributed by atoms with Gasteiger partial charge in [-0.3, -0.25) is 4.79 Å². The van der Waals surface area contributed by atoms with Gasteiger partial charge in [-0.25, -0.2) is 0 Å². The van der Waals surface area contributed by atoms with Gasteiger partial charge in [-0.2, -0.15) is 0 Å². The topological polar surface area (TPSA) is 50.4 Å². The lowest BCUT2D eigenvalue weighted by Gasteiger charge is -2.13. The van der Waals surface area contributed by atoms with Crippen molar-refractivity contribution in [3.05, 3.63) is 60.2 Å². The summed E-state index contributed by atoms with van der Waals surface area (Å²) in [6.45, 7) is 0.859. The van der Waals surface area contributed by atoms with Crippen molar-refractivity contribution in [3.63, 3.8) is 0 Å². The number of amides is 1. The second kappa shape index (κ2) is 8.39. The molecule has 0 aromatic heterocycles. The summed E-state index contributed by atoms with van der Waals surface area (Å²) in [7, 11) is 0. The lowest BCUT2D eigenvalue weighted by atomic mass is 10.2. The second-order valence-corrected chi connectivity index (χ2v) is 6.20. The van der Waals surface area contributed by atoms with Gasteiger partial charge >= 0.3 is 0 Å². The molecule has 0 radical (unpaired) electrons. The number of hydrogen-bond donors (Lipinski definition) is 2. The Balaban J connectivity index is 1.41. The standard InChI is InChI=1S/C20H24N2O2/c23-20(22-18-8-4-5-9-18)14-21-17-10-12-19(13-11-17)24-15-16-6-2-1-3-7-16/h1-3,6-7,10-13,18,21H,4-5,8-9,14-15H2,(H,22,23). The first-order valence-electron chi connectivity index (χ1n) is 8.59. The molecular formula is C20H24N2O2. The van der Waals surface area contributed by atoms with Crippen LogP contribution < -0.4 is 15.4 Å². The molecule has 1 aliphatic carbocycles. The van der Waals surface area contributed by atoms with E-state index in [1.54, 1.807) is 0 Å². The molecule has 0 aliphatic heterocycles. The molecule has 4 nitrogen and oxygen atoms in total. The predicted molar refractivity (Wildman–Crippen MR) is 96.1 cm³/mol. The fourth-order valence-corrected chi connectivity index (χ4v) is 2.94. The smallest absolute Gasteiger partial charge is 0.239 e. The Labute approximate surface area is 143 Å². The minimum atomic E-state index is 0.0614. The molecule has 0 unspecified atom stereocenters. The molecule has 1 fully saturated rings. The minimum absolute atomic E-state index is 0.0614. The van der Waals surface area contributed by atoms with Crippen molar-refractivity contribution in [2.24, 2.45) is 0 Å². The number of carbonyl (C=O) groups excluding carboxylic acids is 1. The first-order valence-corrected chi connectivity index (χ1v) is 8.59. The summed E-state index contributed by atoms with van der Waals surface area (Å²) >= 11 is 0. The fourth-order valence-electron chi connectivity index (χ4n) is 2.94. The number of anilines is 1. The van der Waals surface area contributed by atoms with Gasteiger partial charge in [0.2, 0.25) is 5.91 Å². The normalized spacial score (nSPS) is 14.3. The van der Waals surface area contributed by atoms with Crippen LogP contribution in [0.4, 0.5) is 5.69 Å². The zero-order chi connectivity index (χ0) is 16.6. The highest BCUT2D eigenvalue weighted by molar-refractivity contribution is 5.81. The lowest BCUT2D eigenvalue weighted by Crippen LogP contribution is -2.36. The van der Waals surface area contributed by atoms with Crippen LogP contribution in [-0.4, -0.2) is 18.5 Å². The van der Waals surface area contributed by atoms with E-state index in [1.165, 1.54) is 12.8 Å². The summed E-state index contributed by atoms with van der Waals surface area (Å²) in [6.07, 6.45) is 4.67. The van der Waals surface area contributed by atoms with Crippen LogP contribution in [-0.2, 0) is 11.4 Å². The Morgan fingerprint density at radius 2 is 1.71 bits per heavy atom. The van der Waals surface area contributed by atoms with E-state index in [0.717, 1.165) is 29.8 Å². The molecule has 0 heterocycles. The molecular weight excluding hydrogens is 300 g/mol. The highest BCUT2D eigenvalue weighted by Crippen LogP contribution is 2.18. The summed E-state index contributed by atoms with van der Waals surface area (Å²) in [5.74, 6) is 0.881. The second-order valence-electron chi connectivity index (χ2n) is 6.20. The molecule has 0 saturated heterocycles. The molecule has 0 spiro atoms. The summed E-state index contributed by atoms with van der Waals surface area (Å²) in [4.78, 5) is 11.9. The monoisotopic (exact) mass is 324 g/mol. The van der Waals surface area contributed by atoms with Crippen LogP contribution in [0.25, 0.3) is 0 Å². The van der Waals surface area contributed by atoms with E-state index < -0.39 is 0 Å². The van der Waals surface area contributed by atoms with Gasteiger partial charge in [0.15, 0.2) is 0 Å². The third kappa shape index (κ3) is 5.01. The van der Waals surface area contributed by atoms with E-state index in [4.69, 9.17) is 4.74 Å². The molecule has 2 N–H and O–H groups in total. The van der Waals surface area contributed by atoms with Crippen LogP contribution in [0.1, 0.15) is 31.2 Å². The summed E-state index contributed by atoms with van der Waals surface area (Å²) < 4.78 is 5.75. The van der Waals surface area contributed by atoms with Crippen LogP contribution in [0.5, 0.6) is 5.75 Å². The summed E-state index contributed by atoms with van der Waals surface area (Å²) in [6, 6.07) is 18.1. The molecule has 0 bridgehead atoms. The van der Waals surface area contributed by atoms with Crippen molar-refractivity contribution >= 4 is 11.6 Å². The first kappa shape index (κ1) is 16.4. The van der Waals surface area contributed by atoms with E-state index >= 15 is 0 Å². The molecule has 2 aromatic rings. The van der Waals surface area contributed by atoms with Crippen LogP contribution in [0.2, 0.25) is 0 Å². The van der Waals surface area contributed by atoms with Crippen LogP contribution in [0.15, 0.2) is 54.6 Å². The lowest BCUT2D eigenvalue weighted by molar-refractivity contribution is -0.120. The van der Waals surface area contributed by atoms with Crippen molar-refractivity contribution in [3.8, 4) is 5.75 Å². The van der Waals surface area contributed by atoms with Gasteiger partial charge in [0.05, 0.1) is 6.54 Å². The average molecular weight is 324 g/mol. The Hall–Kier alpha value is -2.49. The van der Waals surface area contributed by atoms with Crippen LogP contribution in [0.3, 0.4) is 0 Å². The largest absolute Gasteiger partial charge is 0.489 e. The number of carbonyl (C=O) groups is 1. The number of ether oxygens (including phenoxy) is 1. The van der Waals surface area contributed by atoms with Crippen molar-refractivity contribution in [1.82, 2.24) is 5.32 Å². The van der Waals surface area contributed by atoms with Crippen molar-refractivity contribution in [2.75, 3.05) is 11.9 Å². The van der Waals surface area contributed by atoms with Crippen molar-refractivity contribution in [2.45, 2.75) is 38.3 Å². The van der Waals surface area contributed by atoms with Gasteiger partial charge in [-0.15, -0.1) is 0 Å². The van der Waals surface area contributed by atoms with E-state index in [1.807, 2.05) is 54.6 Å². The highest BCUT2D eigenvalue weighted by Gasteiger charge is 2.16. The first-order chi connectivity index (χ1) is 11.8. The molecule has 1 aliphatic rings. The summed E-state index contributed by atoms with van der Waals surface area (Å²) in [5, 5.41) is 6.22. The number of rotatable bonds is 7. The SMILES string of the molecule is O=C(CNc1ccc(OCc2ccccc2)cc1)NC1CCCC1. The van der Waals surface area contributed by atoms with Gasteiger partial charge in [0, 0.05) is 11.7 Å². The van der Waals surface area contributed by atoms with E-state index in [9.17, 15) is 4.79 Å².